The lowest BCUT2D eigenvalue weighted by Gasteiger charge is -2.10. The van der Waals surface area contributed by atoms with Crippen LogP contribution in [0.25, 0.3) is 0 Å². The standard InChI is InChI=1S/C22H34N4/c1-25(2)17-7-13-19-9-5-11-21(23-19)15-16-22-12-6-10-20(24-22)14-8-18-26(3)4/h5-6,9-12H,7-8,13-18H2,1-4H3. The van der Waals surface area contributed by atoms with Crippen molar-refractivity contribution < 1.29 is 0 Å². The molecule has 0 bridgehead atoms. The summed E-state index contributed by atoms with van der Waals surface area (Å²) in [5.74, 6) is 0. The third-order valence-corrected chi connectivity index (χ3v) is 4.44. The van der Waals surface area contributed by atoms with Gasteiger partial charge in [0.15, 0.2) is 0 Å². The fourth-order valence-electron chi connectivity index (χ4n) is 3.02. The van der Waals surface area contributed by atoms with Gasteiger partial charge in [-0.15, -0.1) is 0 Å². The minimum atomic E-state index is 0.954. The van der Waals surface area contributed by atoms with E-state index in [4.69, 9.17) is 9.97 Å². The lowest BCUT2D eigenvalue weighted by atomic mass is 10.1. The third-order valence-electron chi connectivity index (χ3n) is 4.44. The summed E-state index contributed by atoms with van der Waals surface area (Å²) < 4.78 is 0. The van der Waals surface area contributed by atoms with E-state index in [0.29, 0.717) is 0 Å². The molecule has 4 heteroatoms. The van der Waals surface area contributed by atoms with Crippen LogP contribution in [0.5, 0.6) is 0 Å². The molecule has 0 unspecified atom stereocenters. The molecular formula is C22H34N4. The van der Waals surface area contributed by atoms with E-state index in [1.807, 2.05) is 0 Å². The summed E-state index contributed by atoms with van der Waals surface area (Å²) in [6, 6.07) is 12.8. The molecule has 0 N–H and O–H groups in total. The molecule has 26 heavy (non-hydrogen) atoms. The first-order chi connectivity index (χ1) is 12.5. The van der Waals surface area contributed by atoms with Crippen molar-refractivity contribution in [3.8, 4) is 0 Å². The van der Waals surface area contributed by atoms with E-state index in [0.717, 1.165) is 51.6 Å². The Bertz CT molecular complexity index is 595. The predicted octanol–water partition coefficient (Wildman–Crippen LogP) is 3.25. The fraction of sp³-hybridized carbons (Fsp3) is 0.545. The molecule has 0 radical (unpaired) electrons. The summed E-state index contributed by atoms with van der Waals surface area (Å²) in [5, 5.41) is 0. The summed E-state index contributed by atoms with van der Waals surface area (Å²) in [6.07, 6.45) is 6.31. The van der Waals surface area contributed by atoms with Gasteiger partial charge in [-0.2, -0.15) is 0 Å². The lowest BCUT2D eigenvalue weighted by molar-refractivity contribution is 0.399. The van der Waals surface area contributed by atoms with Crippen LogP contribution in [-0.4, -0.2) is 61.0 Å². The third kappa shape index (κ3) is 8.07. The molecule has 0 saturated heterocycles. The average Bonchev–Trinajstić information content (AvgIpc) is 2.60. The zero-order valence-electron chi connectivity index (χ0n) is 16.9. The van der Waals surface area contributed by atoms with Crippen LogP contribution in [0, 0.1) is 0 Å². The maximum absolute atomic E-state index is 4.82. The Morgan fingerprint density at radius 3 is 1.27 bits per heavy atom. The Balaban J connectivity index is 1.84. The highest BCUT2D eigenvalue weighted by Crippen LogP contribution is 2.09. The fourth-order valence-corrected chi connectivity index (χ4v) is 3.02. The van der Waals surface area contributed by atoms with Crippen LogP contribution in [0.2, 0.25) is 0 Å². The highest BCUT2D eigenvalue weighted by Gasteiger charge is 2.03. The van der Waals surface area contributed by atoms with Gasteiger partial charge in [-0.25, -0.2) is 0 Å². The Morgan fingerprint density at radius 1 is 0.577 bits per heavy atom. The summed E-state index contributed by atoms with van der Waals surface area (Å²) in [7, 11) is 8.47. The number of hydrogen-bond donors (Lipinski definition) is 0. The second-order valence-electron chi connectivity index (χ2n) is 7.55. The van der Waals surface area contributed by atoms with E-state index in [9.17, 15) is 0 Å². The quantitative estimate of drug-likeness (QED) is 0.620. The Hall–Kier alpha value is -1.78. The molecule has 2 heterocycles. The molecule has 0 aliphatic heterocycles. The number of hydrogen-bond acceptors (Lipinski definition) is 4. The molecule has 0 aliphatic rings. The van der Waals surface area contributed by atoms with Gasteiger partial charge in [-0.1, -0.05) is 12.1 Å². The molecule has 142 valence electrons. The Kier molecular flexibility index (Phi) is 8.72. The van der Waals surface area contributed by atoms with Crippen molar-refractivity contribution in [1.29, 1.82) is 0 Å². The van der Waals surface area contributed by atoms with Crippen LogP contribution < -0.4 is 0 Å². The number of pyridine rings is 2. The Morgan fingerprint density at radius 2 is 0.923 bits per heavy atom. The van der Waals surface area contributed by atoms with Gasteiger partial charge in [-0.05, 0) is 104 Å². The monoisotopic (exact) mass is 354 g/mol. The maximum atomic E-state index is 4.82. The van der Waals surface area contributed by atoms with Crippen molar-refractivity contribution >= 4 is 0 Å². The van der Waals surface area contributed by atoms with Crippen LogP contribution in [0.1, 0.15) is 35.6 Å². The highest BCUT2D eigenvalue weighted by atomic mass is 15.0. The van der Waals surface area contributed by atoms with Gasteiger partial charge in [0, 0.05) is 22.8 Å². The normalized spacial score (nSPS) is 11.5. The second kappa shape index (κ2) is 11.0. The summed E-state index contributed by atoms with van der Waals surface area (Å²) in [4.78, 5) is 14.1. The van der Waals surface area contributed by atoms with E-state index in [1.54, 1.807) is 0 Å². The molecule has 0 atom stereocenters. The number of aromatic nitrogens is 2. The van der Waals surface area contributed by atoms with Crippen LogP contribution >= 0.6 is 0 Å². The first-order valence-electron chi connectivity index (χ1n) is 9.72. The average molecular weight is 355 g/mol. The minimum Gasteiger partial charge on any atom is -0.309 e. The van der Waals surface area contributed by atoms with Gasteiger partial charge in [0.25, 0.3) is 0 Å². The summed E-state index contributed by atoms with van der Waals surface area (Å²) in [6.45, 7) is 2.22. The molecule has 2 rings (SSSR count). The van der Waals surface area contributed by atoms with Gasteiger partial charge < -0.3 is 9.80 Å². The zero-order valence-corrected chi connectivity index (χ0v) is 16.9. The smallest absolute Gasteiger partial charge is 0.0410 e. The van der Waals surface area contributed by atoms with Crippen molar-refractivity contribution in [2.24, 2.45) is 0 Å². The van der Waals surface area contributed by atoms with E-state index in [-0.39, 0.29) is 0 Å². The van der Waals surface area contributed by atoms with Gasteiger partial charge >= 0.3 is 0 Å². The minimum absolute atomic E-state index is 0.954. The van der Waals surface area contributed by atoms with Crippen molar-refractivity contribution in [3.63, 3.8) is 0 Å². The van der Waals surface area contributed by atoms with Crippen molar-refractivity contribution in [2.45, 2.75) is 38.5 Å². The largest absolute Gasteiger partial charge is 0.309 e. The molecule has 0 aromatic carbocycles. The van der Waals surface area contributed by atoms with Gasteiger partial charge in [0.2, 0.25) is 0 Å². The van der Waals surface area contributed by atoms with Crippen molar-refractivity contribution in [3.05, 3.63) is 59.2 Å². The van der Waals surface area contributed by atoms with Crippen molar-refractivity contribution in [2.75, 3.05) is 41.3 Å². The van der Waals surface area contributed by atoms with Crippen molar-refractivity contribution in [1.82, 2.24) is 19.8 Å². The lowest BCUT2D eigenvalue weighted by Crippen LogP contribution is -2.14. The molecule has 0 fully saturated rings. The maximum Gasteiger partial charge on any atom is 0.0410 e. The SMILES string of the molecule is CN(C)CCCc1cccc(CCc2cccc(CCCN(C)C)n2)n1. The number of nitrogens with zero attached hydrogens (tertiary/aromatic N) is 4. The van der Waals surface area contributed by atoms with E-state index in [1.165, 1.54) is 22.8 Å². The molecule has 0 aliphatic carbocycles. The number of rotatable bonds is 11. The van der Waals surface area contributed by atoms with Gasteiger partial charge in [0.05, 0.1) is 0 Å². The zero-order chi connectivity index (χ0) is 18.8. The summed E-state index contributed by atoms with van der Waals surface area (Å²) >= 11 is 0. The first-order valence-corrected chi connectivity index (χ1v) is 9.72. The van der Waals surface area contributed by atoms with Gasteiger partial charge in [-0.3, -0.25) is 9.97 Å². The van der Waals surface area contributed by atoms with E-state index in [2.05, 4.69) is 74.4 Å². The second-order valence-corrected chi connectivity index (χ2v) is 7.55. The number of aryl methyl sites for hydroxylation is 4. The highest BCUT2D eigenvalue weighted by molar-refractivity contribution is 5.15. The molecule has 0 saturated carbocycles. The van der Waals surface area contributed by atoms with E-state index < -0.39 is 0 Å². The molecule has 0 amide bonds. The van der Waals surface area contributed by atoms with Crippen LogP contribution in [0.15, 0.2) is 36.4 Å². The molecular weight excluding hydrogens is 320 g/mol. The predicted molar refractivity (Wildman–Crippen MR) is 110 cm³/mol. The topological polar surface area (TPSA) is 32.3 Å². The van der Waals surface area contributed by atoms with Crippen LogP contribution in [0.3, 0.4) is 0 Å². The summed E-state index contributed by atoms with van der Waals surface area (Å²) in [5.41, 5.74) is 4.75. The van der Waals surface area contributed by atoms with Gasteiger partial charge in [0.1, 0.15) is 0 Å². The molecule has 4 nitrogen and oxygen atoms in total. The molecule has 0 spiro atoms. The first kappa shape index (κ1) is 20.5. The Labute approximate surface area is 159 Å². The molecule has 2 aromatic heterocycles. The van der Waals surface area contributed by atoms with E-state index >= 15 is 0 Å². The van der Waals surface area contributed by atoms with Crippen LogP contribution in [0.4, 0.5) is 0 Å². The molecule has 2 aromatic rings. The van der Waals surface area contributed by atoms with Crippen LogP contribution in [-0.2, 0) is 25.7 Å².